The van der Waals surface area contributed by atoms with E-state index < -0.39 is 5.97 Å². The van der Waals surface area contributed by atoms with Crippen LogP contribution in [0.3, 0.4) is 0 Å². The average Bonchev–Trinajstić information content (AvgIpc) is 2.73. The third-order valence-corrected chi connectivity index (χ3v) is 3.76. The van der Waals surface area contributed by atoms with Gasteiger partial charge in [-0.2, -0.15) is 0 Å². The molecule has 0 radical (unpaired) electrons. The Labute approximate surface area is 113 Å². The highest BCUT2D eigenvalue weighted by Gasteiger charge is 2.19. The molecule has 5 nitrogen and oxygen atoms in total. The number of carboxylic acid groups (broad SMARTS) is 1. The number of nitrogens with zero attached hydrogens (tertiary/aromatic N) is 1. The molecule has 1 aliphatic rings. The topological polar surface area (TPSA) is 65.7 Å². The van der Waals surface area contributed by atoms with E-state index in [1.54, 1.807) is 13.0 Å². The molecule has 1 unspecified atom stereocenters. The van der Waals surface area contributed by atoms with Gasteiger partial charge in [0.2, 0.25) is 5.76 Å². The van der Waals surface area contributed by atoms with Gasteiger partial charge >= 0.3 is 5.97 Å². The summed E-state index contributed by atoms with van der Waals surface area (Å²) in [5, 5.41) is 12.3. The van der Waals surface area contributed by atoms with Crippen molar-refractivity contribution in [1.29, 1.82) is 0 Å². The molecule has 1 atom stereocenters. The van der Waals surface area contributed by atoms with Crippen LogP contribution in [0.5, 0.6) is 0 Å². The maximum atomic E-state index is 10.9. The van der Waals surface area contributed by atoms with Gasteiger partial charge in [-0.3, -0.25) is 0 Å². The standard InChI is InChI=1S/C14H22N2O3/c1-10-7-12(19-13(10)14(17)18)9-15-8-11-5-3-4-6-16(11)2/h7,11,15H,3-6,8-9H2,1-2H3,(H,17,18). The van der Waals surface area contributed by atoms with Crippen LogP contribution in [-0.2, 0) is 6.54 Å². The zero-order chi connectivity index (χ0) is 13.8. The highest BCUT2D eigenvalue weighted by Crippen LogP contribution is 2.16. The molecule has 2 heterocycles. The van der Waals surface area contributed by atoms with Gasteiger partial charge in [-0.05, 0) is 39.4 Å². The van der Waals surface area contributed by atoms with Crippen molar-refractivity contribution < 1.29 is 14.3 Å². The number of likely N-dealkylation sites (N-methyl/N-ethyl adjacent to an activating group) is 1. The predicted molar refractivity (Wildman–Crippen MR) is 72.4 cm³/mol. The van der Waals surface area contributed by atoms with Crippen LogP contribution in [0, 0.1) is 6.92 Å². The van der Waals surface area contributed by atoms with Crippen molar-refractivity contribution in [3.63, 3.8) is 0 Å². The summed E-state index contributed by atoms with van der Waals surface area (Å²) in [4.78, 5) is 13.3. The molecule has 2 rings (SSSR count). The molecule has 106 valence electrons. The van der Waals surface area contributed by atoms with Gasteiger partial charge in [0, 0.05) is 18.2 Å². The Balaban J connectivity index is 1.82. The number of carboxylic acids is 1. The number of carbonyl (C=O) groups is 1. The zero-order valence-electron chi connectivity index (χ0n) is 11.6. The highest BCUT2D eigenvalue weighted by molar-refractivity contribution is 5.86. The van der Waals surface area contributed by atoms with E-state index in [1.807, 2.05) is 0 Å². The Morgan fingerprint density at radius 2 is 2.37 bits per heavy atom. The van der Waals surface area contributed by atoms with Crippen molar-refractivity contribution in [2.45, 2.75) is 38.8 Å². The van der Waals surface area contributed by atoms with E-state index in [9.17, 15) is 4.79 Å². The number of aryl methyl sites for hydroxylation is 1. The molecule has 0 aromatic carbocycles. The van der Waals surface area contributed by atoms with Crippen LogP contribution >= 0.6 is 0 Å². The first kappa shape index (κ1) is 14.1. The van der Waals surface area contributed by atoms with Crippen molar-refractivity contribution in [3.8, 4) is 0 Å². The monoisotopic (exact) mass is 266 g/mol. The molecule has 1 aliphatic heterocycles. The normalized spacial score (nSPS) is 20.6. The Morgan fingerprint density at radius 1 is 1.58 bits per heavy atom. The Bertz CT molecular complexity index is 442. The van der Waals surface area contributed by atoms with Crippen LogP contribution in [0.4, 0.5) is 0 Å². The van der Waals surface area contributed by atoms with Crippen LogP contribution in [0.15, 0.2) is 10.5 Å². The van der Waals surface area contributed by atoms with Crippen molar-refractivity contribution in [3.05, 3.63) is 23.2 Å². The summed E-state index contributed by atoms with van der Waals surface area (Å²) in [6, 6.07) is 2.37. The van der Waals surface area contributed by atoms with Crippen molar-refractivity contribution in [2.75, 3.05) is 20.1 Å². The lowest BCUT2D eigenvalue weighted by Gasteiger charge is -2.32. The number of rotatable bonds is 5. The minimum absolute atomic E-state index is 0.0478. The van der Waals surface area contributed by atoms with Crippen LogP contribution in [-0.4, -0.2) is 42.2 Å². The summed E-state index contributed by atoms with van der Waals surface area (Å²) in [5.74, 6) is -0.268. The summed E-state index contributed by atoms with van der Waals surface area (Å²) in [6.07, 6.45) is 3.80. The van der Waals surface area contributed by atoms with E-state index in [0.29, 0.717) is 23.9 Å². The van der Waals surface area contributed by atoms with Gasteiger partial charge in [0.05, 0.1) is 6.54 Å². The lowest BCUT2D eigenvalue weighted by atomic mass is 10.0. The first-order valence-corrected chi connectivity index (χ1v) is 6.81. The summed E-state index contributed by atoms with van der Waals surface area (Å²) in [5.41, 5.74) is 0.680. The molecule has 2 N–H and O–H groups in total. The lowest BCUT2D eigenvalue weighted by Crippen LogP contribution is -2.42. The fourth-order valence-electron chi connectivity index (χ4n) is 2.61. The minimum atomic E-state index is -1.00. The van der Waals surface area contributed by atoms with Crippen molar-refractivity contribution >= 4 is 5.97 Å². The lowest BCUT2D eigenvalue weighted by molar-refractivity contribution is 0.0659. The third kappa shape index (κ3) is 3.58. The van der Waals surface area contributed by atoms with E-state index in [0.717, 1.165) is 13.1 Å². The average molecular weight is 266 g/mol. The Morgan fingerprint density at radius 3 is 3.00 bits per heavy atom. The molecule has 1 aromatic heterocycles. The maximum Gasteiger partial charge on any atom is 0.372 e. The largest absolute Gasteiger partial charge is 0.475 e. The highest BCUT2D eigenvalue weighted by atomic mass is 16.4. The molecule has 5 heteroatoms. The van der Waals surface area contributed by atoms with E-state index >= 15 is 0 Å². The fourth-order valence-corrected chi connectivity index (χ4v) is 2.61. The number of hydrogen-bond donors (Lipinski definition) is 2. The van der Waals surface area contributed by atoms with Crippen LogP contribution < -0.4 is 5.32 Å². The van der Waals surface area contributed by atoms with Gasteiger partial charge in [-0.25, -0.2) is 4.79 Å². The van der Waals surface area contributed by atoms with Gasteiger partial charge in [0.15, 0.2) is 0 Å². The number of nitrogens with one attached hydrogen (secondary N) is 1. The van der Waals surface area contributed by atoms with E-state index in [2.05, 4.69) is 17.3 Å². The first-order chi connectivity index (χ1) is 9.08. The van der Waals surface area contributed by atoms with E-state index in [4.69, 9.17) is 9.52 Å². The fraction of sp³-hybridized carbons (Fsp3) is 0.643. The van der Waals surface area contributed by atoms with Gasteiger partial charge in [0.1, 0.15) is 5.76 Å². The van der Waals surface area contributed by atoms with Crippen molar-refractivity contribution in [2.24, 2.45) is 0 Å². The molecule has 0 amide bonds. The molecular formula is C14H22N2O3. The zero-order valence-corrected chi connectivity index (χ0v) is 11.6. The van der Waals surface area contributed by atoms with Crippen molar-refractivity contribution in [1.82, 2.24) is 10.2 Å². The number of piperidine rings is 1. The third-order valence-electron chi connectivity index (χ3n) is 3.76. The molecule has 0 saturated carbocycles. The first-order valence-electron chi connectivity index (χ1n) is 6.81. The smallest absolute Gasteiger partial charge is 0.372 e. The molecular weight excluding hydrogens is 244 g/mol. The summed E-state index contributed by atoms with van der Waals surface area (Å²) < 4.78 is 5.32. The molecule has 1 saturated heterocycles. The van der Waals surface area contributed by atoms with Gasteiger partial charge in [0.25, 0.3) is 0 Å². The van der Waals surface area contributed by atoms with Crippen LogP contribution in [0.2, 0.25) is 0 Å². The number of hydrogen-bond acceptors (Lipinski definition) is 4. The SMILES string of the molecule is Cc1cc(CNCC2CCCCN2C)oc1C(=O)O. The van der Waals surface area contributed by atoms with Crippen LogP contribution in [0.1, 0.15) is 41.1 Å². The molecule has 19 heavy (non-hydrogen) atoms. The van der Waals surface area contributed by atoms with Crippen LogP contribution in [0.25, 0.3) is 0 Å². The van der Waals surface area contributed by atoms with Gasteiger partial charge in [-0.1, -0.05) is 6.42 Å². The molecule has 0 spiro atoms. The molecule has 0 aliphatic carbocycles. The van der Waals surface area contributed by atoms with E-state index in [1.165, 1.54) is 19.3 Å². The second-order valence-corrected chi connectivity index (χ2v) is 5.29. The molecule has 1 fully saturated rings. The second kappa shape index (κ2) is 6.21. The van der Waals surface area contributed by atoms with Gasteiger partial charge in [-0.15, -0.1) is 0 Å². The van der Waals surface area contributed by atoms with Gasteiger partial charge < -0.3 is 19.7 Å². The summed E-state index contributed by atoms with van der Waals surface area (Å²) in [6.45, 7) is 4.41. The minimum Gasteiger partial charge on any atom is -0.475 e. The number of likely N-dealkylation sites (tertiary alicyclic amines) is 1. The summed E-state index contributed by atoms with van der Waals surface area (Å²) >= 11 is 0. The maximum absolute atomic E-state index is 10.9. The quantitative estimate of drug-likeness (QED) is 0.851. The number of aromatic carboxylic acids is 1. The molecule has 0 bridgehead atoms. The molecule has 1 aromatic rings. The Kier molecular flexibility index (Phi) is 4.61. The summed E-state index contributed by atoms with van der Waals surface area (Å²) in [7, 11) is 2.16. The second-order valence-electron chi connectivity index (χ2n) is 5.29. The Hall–Kier alpha value is -1.33. The van der Waals surface area contributed by atoms with E-state index in [-0.39, 0.29) is 5.76 Å². The number of furan rings is 1. The predicted octanol–water partition coefficient (Wildman–Crippen LogP) is 1.86.